The summed E-state index contributed by atoms with van der Waals surface area (Å²) in [5, 5.41) is 0. The molecular weight excluding hydrogens is 294 g/mol. The number of esters is 1. The van der Waals surface area contributed by atoms with Gasteiger partial charge in [0.1, 0.15) is 0 Å². The molecule has 2 aromatic rings. The molecule has 0 saturated carbocycles. The van der Waals surface area contributed by atoms with Gasteiger partial charge in [0.2, 0.25) is 0 Å². The van der Waals surface area contributed by atoms with Gasteiger partial charge in [-0.15, -0.1) is 0 Å². The molecule has 0 unspecified atom stereocenters. The maximum Gasteiger partial charge on any atom is 0.337 e. The normalized spacial score (nSPS) is 10.5. The summed E-state index contributed by atoms with van der Waals surface area (Å²) in [6.07, 6.45) is 2.99. The average Bonchev–Trinajstić information content (AvgIpc) is 2.60. The Morgan fingerprint density at radius 1 is 1.04 bits per heavy atom. The lowest BCUT2D eigenvalue weighted by Crippen LogP contribution is -2.21. The third-order valence-corrected chi connectivity index (χ3v) is 3.01. The van der Waals surface area contributed by atoms with Crippen molar-refractivity contribution in [3.8, 4) is 0 Å². The van der Waals surface area contributed by atoms with Crippen LogP contribution in [0.2, 0.25) is 0 Å². The van der Waals surface area contributed by atoms with Gasteiger partial charge >= 0.3 is 5.97 Å². The topological polar surface area (TPSA) is 64.6 Å². The standard InChI is InChI=1S/C18H17NO4/c1-22-18(21)16-10-7-14(8-11-16)9-12-17(20)19-23-13-15-5-3-2-4-6-15/h2-12H,13H2,1H3,(H,19,20)/b12-9+. The minimum absolute atomic E-state index is 0.300. The third-order valence-electron chi connectivity index (χ3n) is 3.01. The van der Waals surface area contributed by atoms with Gasteiger partial charge in [0.25, 0.3) is 5.91 Å². The first-order valence-corrected chi connectivity index (χ1v) is 7.01. The summed E-state index contributed by atoms with van der Waals surface area (Å²) < 4.78 is 4.62. The van der Waals surface area contributed by atoms with E-state index in [1.807, 2.05) is 30.3 Å². The maximum absolute atomic E-state index is 11.6. The van der Waals surface area contributed by atoms with Crippen LogP contribution in [-0.2, 0) is 21.0 Å². The van der Waals surface area contributed by atoms with Crippen molar-refractivity contribution in [2.75, 3.05) is 7.11 Å². The number of rotatable bonds is 6. The highest BCUT2D eigenvalue weighted by Gasteiger charge is 2.03. The van der Waals surface area contributed by atoms with Crippen LogP contribution in [0.4, 0.5) is 0 Å². The molecule has 0 radical (unpaired) electrons. The van der Waals surface area contributed by atoms with Gasteiger partial charge in [-0.1, -0.05) is 42.5 Å². The number of methoxy groups -OCH3 is 1. The summed E-state index contributed by atoms with van der Waals surface area (Å²) in [5.74, 6) is -0.759. The van der Waals surface area contributed by atoms with Crippen molar-refractivity contribution in [1.82, 2.24) is 5.48 Å². The second-order valence-electron chi connectivity index (χ2n) is 4.69. The van der Waals surface area contributed by atoms with Crippen molar-refractivity contribution in [2.24, 2.45) is 0 Å². The number of hydrogen-bond donors (Lipinski definition) is 1. The second kappa shape index (κ2) is 8.51. The lowest BCUT2D eigenvalue weighted by Gasteiger charge is -2.03. The van der Waals surface area contributed by atoms with Gasteiger partial charge in [0.05, 0.1) is 19.3 Å². The first-order chi connectivity index (χ1) is 11.2. The van der Waals surface area contributed by atoms with Crippen LogP contribution in [0.25, 0.3) is 6.08 Å². The Labute approximate surface area is 134 Å². The van der Waals surface area contributed by atoms with Gasteiger partial charge in [-0.2, -0.15) is 0 Å². The molecule has 1 amide bonds. The number of amides is 1. The van der Waals surface area contributed by atoms with Crippen molar-refractivity contribution in [3.05, 3.63) is 77.4 Å². The Morgan fingerprint density at radius 3 is 2.39 bits per heavy atom. The van der Waals surface area contributed by atoms with Crippen LogP contribution in [0.5, 0.6) is 0 Å². The molecule has 0 atom stereocenters. The number of hydroxylamine groups is 1. The van der Waals surface area contributed by atoms with E-state index in [4.69, 9.17) is 4.84 Å². The van der Waals surface area contributed by atoms with E-state index in [0.29, 0.717) is 12.2 Å². The van der Waals surface area contributed by atoms with Gasteiger partial charge in [-0.05, 0) is 29.3 Å². The van der Waals surface area contributed by atoms with E-state index in [9.17, 15) is 9.59 Å². The van der Waals surface area contributed by atoms with Crippen LogP contribution in [0.3, 0.4) is 0 Å². The smallest absolute Gasteiger partial charge is 0.337 e. The fourth-order valence-corrected chi connectivity index (χ4v) is 1.82. The average molecular weight is 311 g/mol. The minimum atomic E-state index is -0.396. The van der Waals surface area contributed by atoms with Gasteiger partial charge in [0.15, 0.2) is 0 Å². The number of nitrogens with one attached hydrogen (secondary N) is 1. The Hall–Kier alpha value is -2.92. The summed E-state index contributed by atoms with van der Waals surface area (Å²) in [6, 6.07) is 16.2. The lowest BCUT2D eigenvalue weighted by molar-refractivity contribution is -0.129. The van der Waals surface area contributed by atoms with Crippen molar-refractivity contribution in [3.63, 3.8) is 0 Å². The van der Waals surface area contributed by atoms with Crippen LogP contribution >= 0.6 is 0 Å². The summed E-state index contributed by atoms with van der Waals surface area (Å²) in [4.78, 5) is 28.1. The SMILES string of the molecule is COC(=O)c1ccc(/C=C/C(=O)NOCc2ccccc2)cc1. The fourth-order valence-electron chi connectivity index (χ4n) is 1.82. The number of carbonyl (C=O) groups excluding carboxylic acids is 2. The molecule has 0 aliphatic rings. The van der Waals surface area contributed by atoms with E-state index in [-0.39, 0.29) is 5.91 Å². The van der Waals surface area contributed by atoms with Crippen molar-refractivity contribution in [1.29, 1.82) is 0 Å². The summed E-state index contributed by atoms with van der Waals surface area (Å²) in [6.45, 7) is 0.300. The molecule has 23 heavy (non-hydrogen) atoms. The van der Waals surface area contributed by atoms with E-state index < -0.39 is 5.97 Å². The molecule has 0 aliphatic heterocycles. The minimum Gasteiger partial charge on any atom is -0.465 e. The Kier molecular flexibility index (Phi) is 6.08. The van der Waals surface area contributed by atoms with Crippen molar-refractivity contribution >= 4 is 18.0 Å². The Morgan fingerprint density at radius 2 is 1.74 bits per heavy atom. The van der Waals surface area contributed by atoms with Crippen LogP contribution in [0, 0.1) is 0 Å². The monoisotopic (exact) mass is 311 g/mol. The zero-order valence-corrected chi connectivity index (χ0v) is 12.7. The molecule has 0 saturated heterocycles. The number of benzene rings is 2. The third kappa shape index (κ3) is 5.41. The zero-order chi connectivity index (χ0) is 16.5. The van der Waals surface area contributed by atoms with Crippen molar-refractivity contribution < 1.29 is 19.2 Å². The van der Waals surface area contributed by atoms with Crippen molar-refractivity contribution in [2.45, 2.75) is 6.61 Å². The van der Waals surface area contributed by atoms with E-state index >= 15 is 0 Å². The second-order valence-corrected chi connectivity index (χ2v) is 4.69. The van der Waals surface area contributed by atoms with Gasteiger partial charge in [-0.25, -0.2) is 10.3 Å². The van der Waals surface area contributed by atoms with Crippen LogP contribution in [0.15, 0.2) is 60.7 Å². The van der Waals surface area contributed by atoms with Gasteiger partial charge in [0, 0.05) is 6.08 Å². The number of ether oxygens (including phenoxy) is 1. The molecule has 2 aromatic carbocycles. The quantitative estimate of drug-likeness (QED) is 0.506. The largest absolute Gasteiger partial charge is 0.465 e. The highest BCUT2D eigenvalue weighted by molar-refractivity contribution is 5.92. The first-order valence-electron chi connectivity index (χ1n) is 7.01. The highest BCUT2D eigenvalue weighted by atomic mass is 16.6. The van der Waals surface area contributed by atoms with E-state index in [1.54, 1.807) is 30.3 Å². The van der Waals surface area contributed by atoms with Gasteiger partial charge in [-0.3, -0.25) is 9.63 Å². The highest BCUT2D eigenvalue weighted by Crippen LogP contribution is 2.07. The predicted octanol–water partition coefficient (Wildman–Crippen LogP) is 2.73. The first kappa shape index (κ1) is 16.5. The molecular formula is C18H17NO4. The molecule has 0 spiro atoms. The number of hydrogen-bond acceptors (Lipinski definition) is 4. The van der Waals surface area contributed by atoms with Crippen LogP contribution in [-0.4, -0.2) is 19.0 Å². The molecule has 1 N–H and O–H groups in total. The van der Waals surface area contributed by atoms with E-state index in [0.717, 1.165) is 11.1 Å². The molecule has 0 bridgehead atoms. The molecule has 0 heterocycles. The Bertz CT molecular complexity index is 678. The summed E-state index contributed by atoms with van der Waals surface area (Å²) >= 11 is 0. The van der Waals surface area contributed by atoms with Gasteiger partial charge < -0.3 is 4.74 Å². The molecule has 0 aliphatic carbocycles. The molecule has 5 nitrogen and oxygen atoms in total. The Balaban J connectivity index is 1.80. The van der Waals surface area contributed by atoms with Crippen LogP contribution in [0.1, 0.15) is 21.5 Å². The molecule has 0 aromatic heterocycles. The van der Waals surface area contributed by atoms with E-state index in [2.05, 4.69) is 10.2 Å². The predicted molar refractivity (Wildman–Crippen MR) is 86.2 cm³/mol. The summed E-state index contributed by atoms with van der Waals surface area (Å²) in [7, 11) is 1.33. The van der Waals surface area contributed by atoms with E-state index in [1.165, 1.54) is 13.2 Å². The maximum atomic E-state index is 11.6. The lowest BCUT2D eigenvalue weighted by atomic mass is 10.1. The summed E-state index contributed by atoms with van der Waals surface area (Å²) in [5.41, 5.74) is 4.55. The fraction of sp³-hybridized carbons (Fsp3) is 0.111. The molecule has 2 rings (SSSR count). The molecule has 0 fully saturated rings. The zero-order valence-electron chi connectivity index (χ0n) is 12.7. The molecule has 118 valence electrons. The van der Waals surface area contributed by atoms with Crippen LogP contribution < -0.4 is 5.48 Å². The molecule has 5 heteroatoms. The number of carbonyl (C=O) groups is 2.